The van der Waals surface area contributed by atoms with Crippen molar-refractivity contribution in [2.24, 2.45) is 5.73 Å². The lowest BCUT2D eigenvalue weighted by atomic mass is 10.1. The molecule has 0 aliphatic rings. The zero-order chi connectivity index (χ0) is 12.7. The fourth-order valence-electron chi connectivity index (χ4n) is 1.70. The van der Waals surface area contributed by atoms with Crippen molar-refractivity contribution >= 4 is 5.91 Å². The van der Waals surface area contributed by atoms with Gasteiger partial charge in [-0.2, -0.15) is 5.10 Å². The van der Waals surface area contributed by atoms with Gasteiger partial charge in [0.2, 0.25) is 5.91 Å². The van der Waals surface area contributed by atoms with E-state index >= 15 is 0 Å². The number of nitrogens with two attached hydrogens (primary N) is 1. The molecule has 5 heteroatoms. The summed E-state index contributed by atoms with van der Waals surface area (Å²) in [5, 5.41) is 7.36. The minimum Gasteiger partial charge on any atom is -0.368 e. The van der Waals surface area contributed by atoms with Crippen LogP contribution in [0.4, 0.5) is 0 Å². The monoisotopic (exact) mass is 238 g/mol. The van der Waals surface area contributed by atoms with Gasteiger partial charge in [0.15, 0.2) is 0 Å². The summed E-state index contributed by atoms with van der Waals surface area (Å²) in [6, 6.07) is -0.216. The molecule has 0 aliphatic carbocycles. The van der Waals surface area contributed by atoms with E-state index in [0.717, 1.165) is 31.4 Å². The van der Waals surface area contributed by atoms with E-state index in [1.165, 1.54) is 0 Å². The third-order valence-electron chi connectivity index (χ3n) is 2.68. The van der Waals surface area contributed by atoms with E-state index in [1.54, 1.807) is 0 Å². The highest BCUT2D eigenvalue weighted by molar-refractivity contribution is 5.79. The van der Waals surface area contributed by atoms with Crippen molar-refractivity contribution < 1.29 is 4.79 Å². The van der Waals surface area contributed by atoms with Gasteiger partial charge in [-0.05, 0) is 18.9 Å². The number of rotatable bonds is 8. The molecular formula is C12H22N4O. The van der Waals surface area contributed by atoms with Gasteiger partial charge < -0.3 is 11.1 Å². The number of amides is 1. The Morgan fingerprint density at radius 1 is 1.65 bits per heavy atom. The molecule has 0 fully saturated rings. The highest BCUT2D eigenvalue weighted by Crippen LogP contribution is 2.00. The predicted octanol–water partition coefficient (Wildman–Crippen LogP) is 0.825. The molecule has 0 saturated carbocycles. The molecule has 1 aromatic heterocycles. The first-order chi connectivity index (χ1) is 8.13. The molecule has 5 nitrogen and oxygen atoms in total. The summed E-state index contributed by atoms with van der Waals surface area (Å²) < 4.78 is 1.86. The van der Waals surface area contributed by atoms with Crippen molar-refractivity contribution in [3.05, 3.63) is 18.0 Å². The Balaban J connectivity index is 2.29. The maximum atomic E-state index is 11.2. The van der Waals surface area contributed by atoms with E-state index in [9.17, 15) is 4.79 Å². The average molecular weight is 238 g/mol. The van der Waals surface area contributed by atoms with Crippen molar-refractivity contribution in [3.8, 4) is 0 Å². The molecule has 0 aromatic carbocycles. The number of aryl methyl sites for hydroxylation is 1. The number of nitrogens with one attached hydrogen (secondary N) is 1. The van der Waals surface area contributed by atoms with E-state index < -0.39 is 0 Å². The molecule has 0 spiro atoms. The number of primary amides is 1. The van der Waals surface area contributed by atoms with Crippen LogP contribution in [-0.4, -0.2) is 28.3 Å². The maximum absolute atomic E-state index is 11.2. The van der Waals surface area contributed by atoms with Crippen molar-refractivity contribution in [2.75, 3.05) is 6.54 Å². The van der Waals surface area contributed by atoms with Crippen molar-refractivity contribution in [3.63, 3.8) is 0 Å². The molecule has 1 amide bonds. The lowest BCUT2D eigenvalue weighted by Crippen LogP contribution is -2.42. The molecular weight excluding hydrogens is 216 g/mol. The molecule has 3 N–H and O–H groups in total. The van der Waals surface area contributed by atoms with Crippen molar-refractivity contribution in [1.29, 1.82) is 0 Å². The number of hydrogen-bond donors (Lipinski definition) is 2. The largest absolute Gasteiger partial charge is 0.368 e. The van der Waals surface area contributed by atoms with E-state index in [4.69, 9.17) is 5.73 Å². The summed E-state index contributed by atoms with van der Waals surface area (Å²) in [6.45, 7) is 5.57. The van der Waals surface area contributed by atoms with Gasteiger partial charge in [0.1, 0.15) is 0 Å². The van der Waals surface area contributed by atoms with Gasteiger partial charge in [-0.15, -0.1) is 0 Å². The highest BCUT2D eigenvalue weighted by atomic mass is 16.1. The minimum absolute atomic E-state index is 0.216. The van der Waals surface area contributed by atoms with Crippen molar-refractivity contribution in [1.82, 2.24) is 15.1 Å². The Morgan fingerprint density at radius 2 is 2.41 bits per heavy atom. The number of hydrogen-bond acceptors (Lipinski definition) is 3. The molecule has 1 rings (SSSR count). The van der Waals surface area contributed by atoms with Crippen LogP contribution in [0.2, 0.25) is 0 Å². The quantitative estimate of drug-likeness (QED) is 0.704. The molecule has 0 radical (unpaired) electrons. The van der Waals surface area contributed by atoms with E-state index in [1.807, 2.05) is 24.0 Å². The Labute approximate surface area is 102 Å². The number of carbonyl (C=O) groups excluding carboxylic acids is 1. The fraction of sp³-hybridized carbons (Fsp3) is 0.667. The molecule has 0 saturated heterocycles. The number of nitrogens with zero attached hydrogens (tertiary/aromatic N) is 2. The maximum Gasteiger partial charge on any atom is 0.234 e. The van der Waals surface area contributed by atoms with Crippen LogP contribution in [0.25, 0.3) is 0 Å². The molecule has 1 unspecified atom stereocenters. The summed E-state index contributed by atoms with van der Waals surface area (Å²) in [7, 11) is 0. The smallest absolute Gasteiger partial charge is 0.234 e. The van der Waals surface area contributed by atoms with E-state index in [-0.39, 0.29) is 11.9 Å². The molecule has 1 aromatic rings. The Morgan fingerprint density at radius 3 is 2.94 bits per heavy atom. The molecule has 1 atom stereocenters. The molecule has 1 heterocycles. The number of carbonyl (C=O) groups is 1. The lowest BCUT2D eigenvalue weighted by Gasteiger charge is -2.14. The standard InChI is InChI=1S/C12H22N4O/c1-3-4-5-11(12(13)17)14-6-7-16-9-10(2)8-15-16/h8-9,11,14H,3-7H2,1-2H3,(H2,13,17). The lowest BCUT2D eigenvalue weighted by molar-refractivity contribution is -0.120. The molecule has 96 valence electrons. The van der Waals surface area contributed by atoms with Crippen LogP contribution < -0.4 is 11.1 Å². The van der Waals surface area contributed by atoms with E-state index in [2.05, 4.69) is 17.3 Å². The zero-order valence-electron chi connectivity index (χ0n) is 10.6. The summed E-state index contributed by atoms with van der Waals surface area (Å²) in [4.78, 5) is 11.2. The van der Waals surface area contributed by atoms with Gasteiger partial charge in [0.05, 0.1) is 18.8 Å². The topological polar surface area (TPSA) is 72.9 Å². The van der Waals surface area contributed by atoms with Crippen LogP contribution in [-0.2, 0) is 11.3 Å². The van der Waals surface area contributed by atoms with Crippen LogP contribution in [0.5, 0.6) is 0 Å². The second-order valence-corrected chi connectivity index (χ2v) is 4.33. The van der Waals surface area contributed by atoms with Gasteiger partial charge in [0, 0.05) is 12.7 Å². The van der Waals surface area contributed by atoms with Gasteiger partial charge in [-0.3, -0.25) is 9.48 Å². The van der Waals surface area contributed by atoms with Crippen LogP contribution in [0.3, 0.4) is 0 Å². The second-order valence-electron chi connectivity index (χ2n) is 4.33. The van der Waals surface area contributed by atoms with Gasteiger partial charge >= 0.3 is 0 Å². The summed E-state index contributed by atoms with van der Waals surface area (Å²) in [5.41, 5.74) is 6.48. The first-order valence-electron chi connectivity index (χ1n) is 6.15. The summed E-state index contributed by atoms with van der Waals surface area (Å²) in [6.07, 6.45) is 6.70. The number of aromatic nitrogens is 2. The Hall–Kier alpha value is -1.36. The third kappa shape index (κ3) is 4.99. The Bertz CT molecular complexity index is 348. The van der Waals surface area contributed by atoms with E-state index in [0.29, 0.717) is 6.54 Å². The highest BCUT2D eigenvalue weighted by Gasteiger charge is 2.13. The first-order valence-corrected chi connectivity index (χ1v) is 6.15. The van der Waals surface area contributed by atoms with Crippen LogP contribution in [0.15, 0.2) is 12.4 Å². The molecule has 0 aliphatic heterocycles. The second kappa shape index (κ2) is 7.06. The third-order valence-corrected chi connectivity index (χ3v) is 2.68. The van der Waals surface area contributed by atoms with Gasteiger partial charge in [-0.25, -0.2) is 0 Å². The predicted molar refractivity (Wildman–Crippen MR) is 67.5 cm³/mol. The van der Waals surface area contributed by atoms with Crippen LogP contribution in [0, 0.1) is 6.92 Å². The summed E-state index contributed by atoms with van der Waals surface area (Å²) >= 11 is 0. The summed E-state index contributed by atoms with van der Waals surface area (Å²) in [5.74, 6) is -0.268. The van der Waals surface area contributed by atoms with Crippen LogP contribution in [0.1, 0.15) is 31.7 Å². The normalized spacial score (nSPS) is 12.6. The average Bonchev–Trinajstić information content (AvgIpc) is 2.68. The fourth-order valence-corrected chi connectivity index (χ4v) is 1.70. The van der Waals surface area contributed by atoms with Gasteiger partial charge in [-0.1, -0.05) is 19.8 Å². The molecule has 17 heavy (non-hydrogen) atoms. The minimum atomic E-state index is -0.268. The number of unbranched alkanes of at least 4 members (excludes halogenated alkanes) is 1. The zero-order valence-corrected chi connectivity index (χ0v) is 10.6. The van der Waals surface area contributed by atoms with Crippen LogP contribution >= 0.6 is 0 Å². The Kier molecular flexibility index (Phi) is 5.69. The SMILES string of the molecule is CCCCC(NCCn1cc(C)cn1)C(N)=O. The molecule has 0 bridgehead atoms. The van der Waals surface area contributed by atoms with Gasteiger partial charge in [0.25, 0.3) is 0 Å². The first kappa shape index (κ1) is 13.7. The van der Waals surface area contributed by atoms with Crippen molar-refractivity contribution in [2.45, 2.75) is 45.7 Å².